The third kappa shape index (κ3) is 3.89. The largest absolute Gasteiger partial charge is 0.496 e. The van der Waals surface area contributed by atoms with Crippen molar-refractivity contribution in [3.63, 3.8) is 0 Å². The highest BCUT2D eigenvalue weighted by atomic mass is 16.5. The summed E-state index contributed by atoms with van der Waals surface area (Å²) >= 11 is 0. The van der Waals surface area contributed by atoms with E-state index < -0.39 is 17.8 Å². The molecule has 2 aliphatic heterocycles. The number of benzene rings is 3. The van der Waals surface area contributed by atoms with Gasteiger partial charge in [0.1, 0.15) is 5.75 Å². The Labute approximate surface area is 204 Å². The Morgan fingerprint density at radius 2 is 1.11 bits per heavy atom. The van der Waals surface area contributed by atoms with E-state index in [-0.39, 0.29) is 11.8 Å². The molecule has 0 unspecified atom stereocenters. The number of nitrogens with zero attached hydrogens (tertiary/aromatic N) is 4. The molecule has 2 atom stereocenters. The van der Waals surface area contributed by atoms with E-state index in [1.807, 2.05) is 98.8 Å². The van der Waals surface area contributed by atoms with Gasteiger partial charge in [-0.3, -0.25) is 9.59 Å². The van der Waals surface area contributed by atoms with Crippen LogP contribution in [0.3, 0.4) is 0 Å². The van der Waals surface area contributed by atoms with E-state index in [9.17, 15) is 9.59 Å². The summed E-state index contributed by atoms with van der Waals surface area (Å²) in [4.78, 5) is 27.7. The summed E-state index contributed by atoms with van der Waals surface area (Å²) in [6, 6.07) is 26.2. The molecule has 5 rings (SSSR count). The van der Waals surface area contributed by atoms with E-state index in [0.29, 0.717) is 28.5 Å². The van der Waals surface area contributed by atoms with Crippen LogP contribution in [0.2, 0.25) is 0 Å². The second kappa shape index (κ2) is 9.18. The van der Waals surface area contributed by atoms with Gasteiger partial charge in [0.25, 0.3) is 11.8 Å². The lowest BCUT2D eigenvalue weighted by atomic mass is 9.72. The van der Waals surface area contributed by atoms with Crippen molar-refractivity contribution in [1.29, 1.82) is 0 Å². The number of anilines is 2. The highest BCUT2D eigenvalue weighted by Crippen LogP contribution is 2.45. The molecule has 3 aromatic rings. The zero-order valence-corrected chi connectivity index (χ0v) is 19.8. The van der Waals surface area contributed by atoms with E-state index in [1.54, 1.807) is 7.11 Å². The van der Waals surface area contributed by atoms with Crippen LogP contribution in [0.1, 0.15) is 25.3 Å². The molecule has 0 bridgehead atoms. The molecule has 7 heteroatoms. The summed E-state index contributed by atoms with van der Waals surface area (Å²) in [7, 11) is 1.59. The maximum atomic E-state index is 13.9. The molecule has 0 N–H and O–H groups in total. The Hall–Kier alpha value is -4.26. The van der Waals surface area contributed by atoms with Gasteiger partial charge in [0.15, 0.2) is 0 Å². The quantitative estimate of drug-likeness (QED) is 0.521. The number of rotatable bonds is 6. The predicted molar refractivity (Wildman–Crippen MR) is 137 cm³/mol. The number of hydrazone groups is 2. The predicted octanol–water partition coefficient (Wildman–Crippen LogP) is 4.86. The molecule has 2 heterocycles. The number of ether oxygens (including phenoxy) is 1. The van der Waals surface area contributed by atoms with Crippen LogP contribution >= 0.6 is 0 Å². The van der Waals surface area contributed by atoms with Crippen LogP contribution in [0.15, 0.2) is 95.1 Å². The van der Waals surface area contributed by atoms with Crippen LogP contribution in [0.4, 0.5) is 11.4 Å². The van der Waals surface area contributed by atoms with Crippen molar-refractivity contribution in [3.8, 4) is 5.75 Å². The first kappa shape index (κ1) is 22.5. The van der Waals surface area contributed by atoms with Crippen molar-refractivity contribution in [1.82, 2.24) is 0 Å². The van der Waals surface area contributed by atoms with Crippen LogP contribution in [0, 0.1) is 11.8 Å². The minimum atomic E-state index is -0.652. The zero-order valence-electron chi connectivity index (χ0n) is 19.8. The van der Waals surface area contributed by atoms with Gasteiger partial charge in [-0.15, -0.1) is 0 Å². The van der Waals surface area contributed by atoms with Crippen LogP contribution in [0.25, 0.3) is 0 Å². The molecule has 2 aliphatic rings. The summed E-state index contributed by atoms with van der Waals surface area (Å²) < 4.78 is 5.68. The Bertz CT molecular complexity index is 1240. The molecule has 0 aliphatic carbocycles. The Balaban J connectivity index is 1.61. The fourth-order valence-electron chi connectivity index (χ4n) is 4.99. The number of amides is 2. The second-order valence-electron chi connectivity index (χ2n) is 8.68. The molecule has 0 saturated heterocycles. The molecule has 3 aromatic carbocycles. The first-order valence-electron chi connectivity index (χ1n) is 11.5. The van der Waals surface area contributed by atoms with E-state index in [2.05, 4.69) is 10.2 Å². The van der Waals surface area contributed by atoms with Gasteiger partial charge in [-0.1, -0.05) is 54.6 Å². The highest BCUT2D eigenvalue weighted by molar-refractivity contribution is 6.19. The van der Waals surface area contributed by atoms with Gasteiger partial charge in [-0.05, 0) is 49.7 Å². The van der Waals surface area contributed by atoms with Gasteiger partial charge >= 0.3 is 0 Å². The van der Waals surface area contributed by atoms with E-state index >= 15 is 0 Å². The van der Waals surface area contributed by atoms with Gasteiger partial charge < -0.3 is 4.74 Å². The Morgan fingerprint density at radius 3 is 1.57 bits per heavy atom. The fraction of sp³-hybridized carbons (Fsp3) is 0.214. The molecule has 0 radical (unpaired) electrons. The van der Waals surface area contributed by atoms with Gasteiger partial charge in [0.05, 0.1) is 30.3 Å². The Kier molecular flexibility index (Phi) is 5.91. The minimum absolute atomic E-state index is 0.177. The average Bonchev–Trinajstić information content (AvgIpc) is 3.36. The van der Waals surface area contributed by atoms with Crippen molar-refractivity contribution < 1.29 is 14.3 Å². The summed E-state index contributed by atoms with van der Waals surface area (Å²) in [5, 5.41) is 12.1. The lowest BCUT2D eigenvalue weighted by Gasteiger charge is -2.29. The molecule has 176 valence electrons. The Morgan fingerprint density at radius 1 is 0.686 bits per heavy atom. The summed E-state index contributed by atoms with van der Waals surface area (Å²) in [5.74, 6) is -1.58. The monoisotopic (exact) mass is 466 g/mol. The molecule has 2 amide bonds. The lowest BCUT2D eigenvalue weighted by Crippen LogP contribution is -2.40. The van der Waals surface area contributed by atoms with Crippen molar-refractivity contribution in [2.24, 2.45) is 22.0 Å². The molecule has 0 saturated carbocycles. The van der Waals surface area contributed by atoms with Crippen LogP contribution in [-0.2, 0) is 9.59 Å². The standard InChI is InChI=1S/C28H26N4O3/c1-18-24(27(33)31(29-18)20-12-6-4-7-13-20)26(22-16-10-11-17-23(22)35-3)25-19(2)30-32(28(25)34)21-14-8-5-9-15-21/h4-17,24-26H,1-3H3/t24-,25-/m1/s1. The van der Waals surface area contributed by atoms with Crippen molar-refractivity contribution in [2.45, 2.75) is 19.8 Å². The molecule has 0 aromatic heterocycles. The number of para-hydroxylation sites is 3. The number of hydrogen-bond donors (Lipinski definition) is 0. The summed E-state index contributed by atoms with van der Waals surface area (Å²) in [5.41, 5.74) is 3.45. The van der Waals surface area contributed by atoms with Crippen molar-refractivity contribution >= 4 is 34.6 Å². The van der Waals surface area contributed by atoms with Crippen LogP contribution in [0.5, 0.6) is 5.75 Å². The van der Waals surface area contributed by atoms with Gasteiger partial charge in [-0.2, -0.15) is 10.2 Å². The van der Waals surface area contributed by atoms with E-state index in [1.165, 1.54) is 10.0 Å². The van der Waals surface area contributed by atoms with Gasteiger partial charge in [-0.25, -0.2) is 10.0 Å². The van der Waals surface area contributed by atoms with Gasteiger partial charge in [0.2, 0.25) is 0 Å². The summed E-state index contributed by atoms with van der Waals surface area (Å²) in [6.07, 6.45) is 0. The summed E-state index contributed by atoms with van der Waals surface area (Å²) in [6.45, 7) is 3.68. The van der Waals surface area contributed by atoms with Crippen molar-refractivity contribution in [3.05, 3.63) is 90.5 Å². The SMILES string of the molecule is COc1ccccc1C([C@@H]1C(=O)N(c2ccccc2)N=C1C)[C@@H]1C(=O)N(c2ccccc2)N=C1C. The maximum Gasteiger partial charge on any atom is 0.256 e. The molecule has 0 spiro atoms. The topological polar surface area (TPSA) is 74.6 Å². The first-order valence-corrected chi connectivity index (χ1v) is 11.5. The number of carbonyl (C=O) groups excluding carboxylic acids is 2. The molecular weight excluding hydrogens is 440 g/mol. The normalized spacial score (nSPS) is 19.9. The third-order valence-corrected chi connectivity index (χ3v) is 6.58. The van der Waals surface area contributed by atoms with E-state index in [4.69, 9.17) is 4.74 Å². The fourth-order valence-corrected chi connectivity index (χ4v) is 4.99. The van der Waals surface area contributed by atoms with Crippen LogP contribution < -0.4 is 14.8 Å². The second-order valence-corrected chi connectivity index (χ2v) is 8.68. The molecular formula is C28H26N4O3. The number of carbonyl (C=O) groups is 2. The zero-order chi connectivity index (χ0) is 24.5. The lowest BCUT2D eigenvalue weighted by molar-refractivity contribution is -0.122. The maximum absolute atomic E-state index is 13.9. The molecule has 7 nitrogen and oxygen atoms in total. The number of methoxy groups -OCH3 is 1. The average molecular weight is 467 g/mol. The van der Waals surface area contributed by atoms with Crippen molar-refractivity contribution in [2.75, 3.05) is 17.1 Å². The first-order chi connectivity index (χ1) is 17.0. The minimum Gasteiger partial charge on any atom is -0.496 e. The van der Waals surface area contributed by atoms with E-state index in [0.717, 1.165) is 5.56 Å². The van der Waals surface area contributed by atoms with Crippen LogP contribution in [-0.4, -0.2) is 30.3 Å². The smallest absolute Gasteiger partial charge is 0.256 e. The third-order valence-electron chi connectivity index (χ3n) is 6.58. The highest BCUT2D eigenvalue weighted by Gasteiger charge is 2.50. The van der Waals surface area contributed by atoms with Gasteiger partial charge in [0, 0.05) is 17.3 Å². The number of hydrogen-bond acceptors (Lipinski definition) is 5. The molecule has 35 heavy (non-hydrogen) atoms. The molecule has 0 fully saturated rings.